The summed E-state index contributed by atoms with van der Waals surface area (Å²) in [6.45, 7) is 8.29. The monoisotopic (exact) mass is 444 g/mol. The maximum Gasteiger partial charge on any atom is 0.410 e. The second-order valence-electron chi connectivity index (χ2n) is 8.76. The average molecular weight is 445 g/mol. The number of nitrogen functional groups attached to an aromatic ring is 1. The van der Waals surface area contributed by atoms with E-state index < -0.39 is 11.7 Å². The summed E-state index contributed by atoms with van der Waals surface area (Å²) < 4.78 is 5.42. The molecule has 0 radical (unpaired) electrons. The molecule has 1 saturated heterocycles. The number of urea groups is 1. The molecule has 0 bridgehead atoms. The van der Waals surface area contributed by atoms with Crippen LogP contribution in [0.1, 0.15) is 31.9 Å². The van der Waals surface area contributed by atoms with E-state index in [4.69, 9.17) is 22.1 Å². The Morgan fingerprint density at radius 3 is 2.65 bits per heavy atom. The molecule has 2 N–H and O–H groups in total. The van der Waals surface area contributed by atoms with Gasteiger partial charge < -0.3 is 15.4 Å². The summed E-state index contributed by atoms with van der Waals surface area (Å²) in [5.74, 6) is 0.551. The number of aryl methyl sites for hydroxylation is 1. The number of anilines is 3. The first-order valence-corrected chi connectivity index (χ1v) is 10.4. The van der Waals surface area contributed by atoms with Crippen molar-refractivity contribution in [2.75, 3.05) is 28.6 Å². The van der Waals surface area contributed by atoms with Crippen LogP contribution in [0.5, 0.6) is 0 Å². The lowest BCUT2D eigenvalue weighted by molar-refractivity contribution is 0.00857. The van der Waals surface area contributed by atoms with Gasteiger partial charge in [0.2, 0.25) is 5.95 Å². The van der Waals surface area contributed by atoms with Gasteiger partial charge in [0.1, 0.15) is 11.4 Å². The van der Waals surface area contributed by atoms with Crippen molar-refractivity contribution in [1.82, 2.24) is 14.9 Å². The lowest BCUT2D eigenvalue weighted by atomic mass is 10.0. The number of halogens is 1. The van der Waals surface area contributed by atoms with Crippen LogP contribution >= 0.6 is 11.6 Å². The number of likely N-dealkylation sites (tertiary alicyclic amines) is 1. The number of fused-ring (bicyclic) bond motifs is 1. The van der Waals surface area contributed by atoms with Gasteiger partial charge in [0.15, 0.2) is 0 Å². The number of nitrogens with two attached hydrogens (primary N) is 1. The molecule has 1 fully saturated rings. The highest BCUT2D eigenvalue weighted by Gasteiger charge is 2.45. The van der Waals surface area contributed by atoms with Gasteiger partial charge in [-0.25, -0.2) is 14.6 Å². The summed E-state index contributed by atoms with van der Waals surface area (Å²) in [5, 5.41) is 0.483. The number of aromatic nitrogens is 2. The van der Waals surface area contributed by atoms with E-state index in [0.29, 0.717) is 29.6 Å². The van der Waals surface area contributed by atoms with Gasteiger partial charge in [0, 0.05) is 24.8 Å². The van der Waals surface area contributed by atoms with Crippen molar-refractivity contribution in [2.24, 2.45) is 0 Å². The van der Waals surface area contributed by atoms with Crippen LogP contribution in [0.3, 0.4) is 0 Å². The van der Waals surface area contributed by atoms with Crippen molar-refractivity contribution < 1.29 is 14.3 Å². The zero-order valence-corrected chi connectivity index (χ0v) is 18.7. The number of nitrogens with zero attached hydrogens (tertiary/aromatic N) is 5. The fourth-order valence-electron chi connectivity index (χ4n) is 3.75. The smallest absolute Gasteiger partial charge is 0.410 e. The van der Waals surface area contributed by atoms with Gasteiger partial charge in [-0.3, -0.25) is 9.80 Å². The number of benzene rings is 1. The number of carbonyl (C=O) groups is 2. The molecule has 0 aliphatic carbocycles. The normalized spacial score (nSPS) is 16.8. The first-order valence-electron chi connectivity index (χ1n) is 10.0. The number of amides is 3. The molecular formula is C21H25ClN6O3. The Morgan fingerprint density at radius 1 is 1.29 bits per heavy atom. The molecule has 2 aliphatic rings. The van der Waals surface area contributed by atoms with E-state index in [9.17, 15) is 9.59 Å². The molecule has 2 aliphatic heterocycles. The van der Waals surface area contributed by atoms with Crippen molar-refractivity contribution >= 4 is 41.2 Å². The molecule has 0 saturated carbocycles. The van der Waals surface area contributed by atoms with Gasteiger partial charge >= 0.3 is 12.1 Å². The fourth-order valence-corrected chi connectivity index (χ4v) is 4.08. The minimum atomic E-state index is -0.588. The predicted octanol–water partition coefficient (Wildman–Crippen LogP) is 3.59. The minimum absolute atomic E-state index is 0.0854. The topological polar surface area (TPSA) is 105 Å². The molecule has 2 aromatic rings. The molecule has 9 nitrogen and oxygen atoms in total. The molecule has 3 amide bonds. The molecule has 0 atom stereocenters. The minimum Gasteiger partial charge on any atom is -0.444 e. The largest absolute Gasteiger partial charge is 0.444 e. The van der Waals surface area contributed by atoms with E-state index in [1.807, 2.05) is 39.8 Å². The van der Waals surface area contributed by atoms with Crippen LogP contribution in [0.4, 0.5) is 27.0 Å². The molecular weight excluding hydrogens is 420 g/mol. The van der Waals surface area contributed by atoms with E-state index >= 15 is 0 Å². The maximum absolute atomic E-state index is 13.6. The van der Waals surface area contributed by atoms with Gasteiger partial charge in [-0.1, -0.05) is 23.7 Å². The lowest BCUT2D eigenvalue weighted by Gasteiger charge is -2.48. The van der Waals surface area contributed by atoms with Crippen molar-refractivity contribution in [1.29, 1.82) is 0 Å². The Kier molecular flexibility index (Phi) is 5.17. The third-order valence-corrected chi connectivity index (χ3v) is 5.50. The molecule has 1 aromatic heterocycles. The number of rotatable bonds is 2. The van der Waals surface area contributed by atoms with E-state index in [0.717, 1.165) is 11.1 Å². The van der Waals surface area contributed by atoms with E-state index in [1.54, 1.807) is 27.0 Å². The Hall–Kier alpha value is -3.07. The SMILES string of the molecule is Cc1cccc(Cl)c1N1Cc2cnc(N)nc2N(C2CN(C(=O)OC(C)(C)C)C2)C1=O. The van der Waals surface area contributed by atoms with Crippen LogP contribution in [0.2, 0.25) is 5.02 Å². The quantitative estimate of drug-likeness (QED) is 0.758. The second kappa shape index (κ2) is 7.56. The zero-order chi connectivity index (χ0) is 22.5. The van der Waals surface area contributed by atoms with Crippen molar-refractivity contribution in [3.05, 3.63) is 40.5 Å². The number of ether oxygens (including phenoxy) is 1. The van der Waals surface area contributed by atoms with Gasteiger partial charge in [-0.2, -0.15) is 4.98 Å². The molecule has 164 valence electrons. The van der Waals surface area contributed by atoms with Gasteiger partial charge in [0.25, 0.3) is 0 Å². The molecule has 3 heterocycles. The van der Waals surface area contributed by atoms with Crippen LogP contribution < -0.4 is 15.5 Å². The Morgan fingerprint density at radius 2 is 2.00 bits per heavy atom. The Bertz CT molecular complexity index is 1030. The summed E-state index contributed by atoms with van der Waals surface area (Å²) in [5.41, 5.74) is 7.50. The third-order valence-electron chi connectivity index (χ3n) is 5.19. The Labute approximate surface area is 185 Å². The highest BCUT2D eigenvalue weighted by Crippen LogP contribution is 2.38. The van der Waals surface area contributed by atoms with Crippen molar-refractivity contribution in [3.8, 4) is 0 Å². The number of hydrogen-bond donors (Lipinski definition) is 1. The van der Waals surface area contributed by atoms with Gasteiger partial charge in [-0.15, -0.1) is 0 Å². The summed E-state index contributed by atoms with van der Waals surface area (Å²) in [7, 11) is 0. The first-order chi connectivity index (χ1) is 14.5. The van der Waals surface area contributed by atoms with Gasteiger partial charge in [-0.05, 0) is 39.3 Å². The van der Waals surface area contributed by atoms with E-state index in [-0.39, 0.29) is 24.6 Å². The van der Waals surface area contributed by atoms with E-state index in [1.165, 1.54) is 0 Å². The summed E-state index contributed by atoms with van der Waals surface area (Å²) >= 11 is 6.45. The molecule has 4 rings (SSSR count). The Balaban J connectivity index is 1.65. The first kappa shape index (κ1) is 21.2. The molecule has 31 heavy (non-hydrogen) atoms. The molecule has 0 unspecified atom stereocenters. The van der Waals surface area contributed by atoms with E-state index in [2.05, 4.69) is 9.97 Å². The second-order valence-corrected chi connectivity index (χ2v) is 9.17. The third kappa shape index (κ3) is 3.97. The summed E-state index contributed by atoms with van der Waals surface area (Å²) in [6, 6.07) is 4.97. The zero-order valence-electron chi connectivity index (χ0n) is 17.9. The standard InChI is InChI=1S/C21H25ClN6O3/c1-12-6-5-7-15(22)16(12)27-9-13-8-24-18(23)25-17(13)28(19(27)29)14-10-26(11-14)20(30)31-21(2,3)4/h5-8,14H,9-11H2,1-4H3,(H2,23,24,25). The van der Waals surface area contributed by atoms with Crippen molar-refractivity contribution in [3.63, 3.8) is 0 Å². The van der Waals surface area contributed by atoms with Crippen LogP contribution in [-0.2, 0) is 11.3 Å². The predicted molar refractivity (Wildman–Crippen MR) is 118 cm³/mol. The summed E-state index contributed by atoms with van der Waals surface area (Å²) in [6.07, 6.45) is 1.22. The van der Waals surface area contributed by atoms with Crippen molar-refractivity contribution in [2.45, 2.75) is 45.9 Å². The maximum atomic E-state index is 13.6. The molecule has 1 aromatic carbocycles. The average Bonchev–Trinajstić information content (AvgIpc) is 2.61. The number of para-hydroxylation sites is 1. The van der Waals surface area contributed by atoms with Crippen LogP contribution in [0.15, 0.2) is 24.4 Å². The van der Waals surface area contributed by atoms with Gasteiger partial charge in [0.05, 0.1) is 23.3 Å². The lowest BCUT2D eigenvalue weighted by Crippen LogP contribution is -2.66. The van der Waals surface area contributed by atoms with Crippen LogP contribution in [0.25, 0.3) is 0 Å². The van der Waals surface area contributed by atoms with Crippen LogP contribution in [-0.4, -0.2) is 51.7 Å². The summed E-state index contributed by atoms with van der Waals surface area (Å²) in [4.78, 5) is 39.1. The number of hydrogen-bond acceptors (Lipinski definition) is 6. The highest BCUT2D eigenvalue weighted by atomic mass is 35.5. The molecule has 0 spiro atoms. The van der Waals surface area contributed by atoms with Crippen LogP contribution in [0, 0.1) is 6.92 Å². The highest BCUT2D eigenvalue weighted by molar-refractivity contribution is 6.34. The fraction of sp³-hybridized carbons (Fsp3) is 0.429. The molecule has 10 heteroatoms. The number of carbonyl (C=O) groups excluding carboxylic acids is 2.